The number of alkyl halides is 8. The molecule has 0 aromatic carbocycles. The number of halogens is 8. The van der Waals surface area contributed by atoms with E-state index in [9.17, 15) is 44.7 Å². The molecule has 0 spiro atoms. The maximum Gasteiger partial charge on any atom is 0.390 e. The summed E-state index contributed by atoms with van der Waals surface area (Å²) in [7, 11) is 0. The van der Waals surface area contributed by atoms with Crippen molar-refractivity contribution in [2.45, 2.75) is 94.7 Å². The van der Waals surface area contributed by atoms with Crippen molar-refractivity contribution in [3.63, 3.8) is 0 Å². The zero-order valence-corrected chi connectivity index (χ0v) is 23.7. The molecule has 0 radical (unpaired) electrons. The number of hydrogen-bond donors (Lipinski definition) is 2. The predicted molar refractivity (Wildman–Crippen MR) is 140 cm³/mol. The lowest BCUT2D eigenvalue weighted by molar-refractivity contribution is -0.144. The number of amides is 2. The molecule has 2 saturated carbocycles. The van der Waals surface area contributed by atoms with E-state index in [2.05, 4.69) is 30.8 Å². The van der Waals surface area contributed by atoms with E-state index in [4.69, 9.17) is 0 Å². The lowest BCUT2D eigenvalue weighted by Gasteiger charge is -2.33. The summed E-state index contributed by atoms with van der Waals surface area (Å²) in [6.45, 7) is -0.546. The number of aromatic nitrogens is 6. The Labute approximate surface area is 251 Å². The first-order valence-corrected chi connectivity index (χ1v) is 14.4. The summed E-state index contributed by atoms with van der Waals surface area (Å²) in [6, 6.07) is 0.126. The molecule has 2 aliphatic rings. The van der Waals surface area contributed by atoms with Crippen LogP contribution in [0.3, 0.4) is 0 Å². The van der Waals surface area contributed by atoms with Gasteiger partial charge in [0.1, 0.15) is 6.33 Å². The van der Waals surface area contributed by atoms with Gasteiger partial charge < -0.3 is 10.6 Å². The topological polar surface area (TPSA) is 119 Å². The smallest absolute Gasteiger partial charge is 0.349 e. The van der Waals surface area contributed by atoms with E-state index in [-0.39, 0.29) is 30.1 Å². The summed E-state index contributed by atoms with van der Waals surface area (Å²) in [6.07, 6.45) is -7.31. The van der Waals surface area contributed by atoms with Crippen molar-refractivity contribution in [3.05, 3.63) is 41.9 Å². The van der Waals surface area contributed by atoms with E-state index in [1.807, 2.05) is 0 Å². The van der Waals surface area contributed by atoms with Gasteiger partial charge in [0.15, 0.2) is 5.65 Å². The van der Waals surface area contributed by atoms with E-state index in [1.165, 1.54) is 16.9 Å². The molecule has 0 saturated heterocycles. The van der Waals surface area contributed by atoms with Gasteiger partial charge in [0.05, 0.1) is 49.6 Å². The number of nitrogens with zero attached hydrogens (tertiary/aromatic N) is 6. The Bertz CT molecular complexity index is 1500. The Morgan fingerprint density at radius 1 is 0.956 bits per heavy atom. The van der Waals surface area contributed by atoms with Gasteiger partial charge in [-0.1, -0.05) is 0 Å². The number of aryl methyl sites for hydroxylation is 1. The molecule has 2 fully saturated rings. The zero-order valence-electron chi connectivity index (χ0n) is 23.7. The number of imidazole rings is 1. The van der Waals surface area contributed by atoms with E-state index in [1.54, 1.807) is 6.07 Å². The first-order valence-electron chi connectivity index (χ1n) is 14.4. The van der Waals surface area contributed by atoms with Crippen molar-refractivity contribution in [1.29, 1.82) is 0 Å². The molecule has 3 aromatic rings. The fourth-order valence-corrected chi connectivity index (χ4v) is 5.42. The van der Waals surface area contributed by atoms with Gasteiger partial charge in [-0.3, -0.25) is 14.3 Å². The average Bonchev–Trinajstić information content (AvgIpc) is 3.52. The van der Waals surface area contributed by atoms with Crippen LogP contribution in [0.15, 0.2) is 24.8 Å². The van der Waals surface area contributed by atoms with Crippen molar-refractivity contribution in [3.8, 4) is 0 Å². The Morgan fingerprint density at radius 3 is 2.27 bits per heavy atom. The summed E-state index contributed by atoms with van der Waals surface area (Å²) in [5.74, 6) is -5.30. The standard InChI is InChI=1S/C27H30F8N8O2/c28-25(29)6-3-16(4-7-25)22(40-24(45)23-36-14-42(41-23)10-9-27(33,34)35)18-13-43-19(38-18)11-17(12-37-43)21(15-1-2-15)39-20(44)5-8-26(30,31)32/h11-16,21-22H,1-10H2,(H,39,44)(H,40,45)/t21?,22-/m0/s1. The summed E-state index contributed by atoms with van der Waals surface area (Å²) in [5.41, 5.74) is 1.08. The maximum atomic E-state index is 14.0. The summed E-state index contributed by atoms with van der Waals surface area (Å²) in [4.78, 5) is 33.7. The van der Waals surface area contributed by atoms with E-state index < -0.39 is 92.6 Å². The predicted octanol–water partition coefficient (Wildman–Crippen LogP) is 5.48. The fourth-order valence-electron chi connectivity index (χ4n) is 5.42. The van der Waals surface area contributed by atoms with Crippen LogP contribution in [0.25, 0.3) is 5.65 Å². The van der Waals surface area contributed by atoms with Gasteiger partial charge >= 0.3 is 12.4 Å². The van der Waals surface area contributed by atoms with Gasteiger partial charge in [0, 0.05) is 19.3 Å². The molecule has 0 aliphatic heterocycles. The molecular weight excluding hydrogens is 620 g/mol. The van der Waals surface area contributed by atoms with Crippen molar-refractivity contribution in [1.82, 2.24) is 40.0 Å². The minimum Gasteiger partial charge on any atom is -0.349 e. The Hall–Kier alpha value is -3.86. The minimum atomic E-state index is -4.47. The second kappa shape index (κ2) is 12.5. The molecule has 45 heavy (non-hydrogen) atoms. The lowest BCUT2D eigenvalue weighted by Crippen LogP contribution is -2.37. The second-order valence-corrected chi connectivity index (χ2v) is 11.6. The first kappa shape index (κ1) is 32.5. The van der Waals surface area contributed by atoms with E-state index in [0.717, 1.165) is 23.9 Å². The maximum absolute atomic E-state index is 14.0. The van der Waals surface area contributed by atoms with Crippen molar-refractivity contribution < 1.29 is 44.7 Å². The van der Waals surface area contributed by atoms with Gasteiger partial charge in [-0.2, -0.15) is 31.4 Å². The van der Waals surface area contributed by atoms with Gasteiger partial charge in [-0.15, -0.1) is 5.10 Å². The zero-order chi connectivity index (χ0) is 32.6. The largest absolute Gasteiger partial charge is 0.390 e. The Balaban J connectivity index is 1.36. The van der Waals surface area contributed by atoms with Crippen LogP contribution in [0.4, 0.5) is 35.1 Å². The highest BCUT2D eigenvalue weighted by Crippen LogP contribution is 2.43. The van der Waals surface area contributed by atoms with Crippen LogP contribution in [-0.2, 0) is 11.3 Å². The molecule has 18 heteroatoms. The number of nitrogens with one attached hydrogen (secondary N) is 2. The summed E-state index contributed by atoms with van der Waals surface area (Å²) < 4.78 is 106. The number of carbonyl (C=O) groups excluding carboxylic acids is 2. The van der Waals surface area contributed by atoms with Gasteiger partial charge in [0.2, 0.25) is 17.7 Å². The summed E-state index contributed by atoms with van der Waals surface area (Å²) in [5, 5.41) is 13.5. The third kappa shape index (κ3) is 8.87. The molecule has 246 valence electrons. The number of hydrogen-bond acceptors (Lipinski definition) is 6. The van der Waals surface area contributed by atoms with E-state index in [0.29, 0.717) is 5.56 Å². The third-order valence-electron chi connectivity index (χ3n) is 7.97. The normalized spacial score (nSPS) is 18.9. The van der Waals surface area contributed by atoms with Gasteiger partial charge in [0.25, 0.3) is 5.91 Å². The molecule has 3 aromatic heterocycles. The molecule has 10 nitrogen and oxygen atoms in total. The fraction of sp³-hybridized carbons (Fsp3) is 0.630. The molecule has 1 unspecified atom stereocenters. The molecule has 2 aliphatic carbocycles. The van der Waals surface area contributed by atoms with Crippen LogP contribution in [0.2, 0.25) is 0 Å². The van der Waals surface area contributed by atoms with Crippen LogP contribution in [-0.4, -0.2) is 59.5 Å². The average molecular weight is 651 g/mol. The van der Waals surface area contributed by atoms with Crippen molar-refractivity contribution >= 4 is 17.5 Å². The van der Waals surface area contributed by atoms with E-state index >= 15 is 0 Å². The highest BCUT2D eigenvalue weighted by atomic mass is 19.4. The third-order valence-corrected chi connectivity index (χ3v) is 7.97. The van der Waals surface area contributed by atoms with Gasteiger partial charge in [-0.25, -0.2) is 23.3 Å². The first-order chi connectivity index (χ1) is 21.1. The SMILES string of the molecule is O=C(CCC(F)(F)F)NC(c1cnn2cc([C@@H](NC(=O)c3ncn(CCC(F)(F)F)n3)C3CCC(F)(F)CC3)nc2c1)C1CC1. The molecule has 2 atom stereocenters. The summed E-state index contributed by atoms with van der Waals surface area (Å²) >= 11 is 0. The highest BCUT2D eigenvalue weighted by molar-refractivity contribution is 5.90. The minimum absolute atomic E-state index is 0.0119. The number of rotatable bonds is 11. The monoisotopic (exact) mass is 650 g/mol. The lowest BCUT2D eigenvalue weighted by atomic mass is 9.81. The second-order valence-electron chi connectivity index (χ2n) is 11.6. The molecule has 0 bridgehead atoms. The molecule has 2 N–H and O–H groups in total. The molecule has 2 amide bonds. The van der Waals surface area contributed by atoms with Crippen LogP contribution in [0, 0.1) is 11.8 Å². The number of carbonyl (C=O) groups is 2. The van der Waals surface area contributed by atoms with Crippen LogP contribution >= 0.6 is 0 Å². The molecule has 5 rings (SSSR count). The Kier molecular flexibility index (Phi) is 9.04. The quantitative estimate of drug-likeness (QED) is 0.266. The van der Waals surface area contributed by atoms with Crippen LogP contribution < -0.4 is 10.6 Å². The number of fused-ring (bicyclic) bond motifs is 1. The highest BCUT2D eigenvalue weighted by Gasteiger charge is 2.40. The molecular formula is C27H30F8N8O2. The van der Waals surface area contributed by atoms with Crippen LogP contribution in [0.1, 0.15) is 91.7 Å². The van der Waals surface area contributed by atoms with Crippen LogP contribution in [0.5, 0.6) is 0 Å². The molecule has 3 heterocycles. The Morgan fingerprint density at radius 2 is 1.62 bits per heavy atom. The van der Waals surface area contributed by atoms with Crippen molar-refractivity contribution in [2.24, 2.45) is 11.8 Å². The van der Waals surface area contributed by atoms with Crippen molar-refractivity contribution in [2.75, 3.05) is 0 Å². The van der Waals surface area contributed by atoms with Gasteiger partial charge in [-0.05, 0) is 49.1 Å².